The third-order valence-corrected chi connectivity index (χ3v) is 6.59. The summed E-state index contributed by atoms with van der Waals surface area (Å²) in [7, 11) is 0. The van der Waals surface area contributed by atoms with Crippen molar-refractivity contribution < 1.29 is 14.8 Å². The van der Waals surface area contributed by atoms with Gasteiger partial charge in [-0.1, -0.05) is 40.6 Å². The maximum absolute atomic E-state index is 12.6. The molecule has 2 N–H and O–H groups in total. The molecule has 0 aliphatic rings. The summed E-state index contributed by atoms with van der Waals surface area (Å²) in [6.07, 6.45) is 2.19. The Kier molecular flexibility index (Phi) is 6.95. The topological polar surface area (TPSA) is 76.1 Å². The standard InChI is InChI=1S/C20H21Cl2N3O3S/c1-3-24(4-2)10-13-11-25-19(28)18(27)17(23-20(25)29-13)16(26)8-6-12-5-7-14(21)15(22)9-12/h5,7,9,11,27H,3-4,6,8,10H2,1-2H3/p+1. The molecular weight excluding hydrogens is 433 g/mol. The summed E-state index contributed by atoms with van der Waals surface area (Å²) in [6.45, 7) is 6.91. The number of ketones is 1. The number of quaternary nitrogens is 1. The number of carbonyl (C=O) groups excluding carboxylic acids is 1. The van der Waals surface area contributed by atoms with Gasteiger partial charge in [0.2, 0.25) is 5.75 Å². The number of hydrogen-bond acceptors (Lipinski definition) is 5. The van der Waals surface area contributed by atoms with Gasteiger partial charge in [-0.05, 0) is 38.0 Å². The first kappa shape index (κ1) is 21.8. The summed E-state index contributed by atoms with van der Waals surface area (Å²) in [5.41, 5.74) is 0.0363. The molecule has 3 aromatic rings. The maximum atomic E-state index is 12.6. The highest BCUT2D eigenvalue weighted by molar-refractivity contribution is 7.17. The number of aromatic hydroxyl groups is 1. The Morgan fingerprint density at radius 3 is 2.62 bits per heavy atom. The van der Waals surface area contributed by atoms with Gasteiger partial charge in [-0.25, -0.2) is 4.98 Å². The summed E-state index contributed by atoms with van der Waals surface area (Å²) < 4.78 is 1.31. The number of aromatic nitrogens is 2. The van der Waals surface area contributed by atoms with Crippen molar-refractivity contribution in [1.82, 2.24) is 9.38 Å². The molecule has 0 bridgehead atoms. The number of nitrogens with zero attached hydrogens (tertiary/aromatic N) is 2. The van der Waals surface area contributed by atoms with Gasteiger partial charge in [0.1, 0.15) is 6.54 Å². The molecule has 0 aliphatic heterocycles. The van der Waals surface area contributed by atoms with Crippen molar-refractivity contribution in [2.75, 3.05) is 13.1 Å². The highest BCUT2D eigenvalue weighted by Crippen LogP contribution is 2.24. The van der Waals surface area contributed by atoms with Crippen LogP contribution in [0.3, 0.4) is 0 Å². The normalized spacial score (nSPS) is 11.5. The van der Waals surface area contributed by atoms with E-state index < -0.39 is 17.1 Å². The van der Waals surface area contributed by atoms with Gasteiger partial charge in [0.25, 0.3) is 0 Å². The predicted molar refractivity (Wildman–Crippen MR) is 116 cm³/mol. The Hall–Kier alpha value is -1.93. The van der Waals surface area contributed by atoms with Crippen LogP contribution in [0.15, 0.2) is 29.2 Å². The van der Waals surface area contributed by atoms with Crippen LogP contribution >= 0.6 is 34.5 Å². The summed E-state index contributed by atoms with van der Waals surface area (Å²) in [5.74, 6) is -1.00. The van der Waals surface area contributed by atoms with E-state index in [1.807, 2.05) is 0 Å². The Labute approximate surface area is 182 Å². The molecule has 0 unspecified atom stereocenters. The van der Waals surface area contributed by atoms with Gasteiger partial charge in [0, 0.05) is 12.6 Å². The summed E-state index contributed by atoms with van der Waals surface area (Å²) in [5, 5.41) is 11.1. The first-order valence-corrected chi connectivity index (χ1v) is 11.0. The number of halogens is 2. The number of benzene rings is 1. The molecule has 0 radical (unpaired) electrons. The third-order valence-electron chi connectivity index (χ3n) is 4.87. The van der Waals surface area contributed by atoms with Gasteiger partial charge in [0.05, 0.1) is 28.0 Å². The van der Waals surface area contributed by atoms with E-state index in [4.69, 9.17) is 23.2 Å². The van der Waals surface area contributed by atoms with Gasteiger partial charge in [-0.15, -0.1) is 0 Å². The lowest BCUT2D eigenvalue weighted by Gasteiger charge is -2.13. The minimum absolute atomic E-state index is 0.0932. The number of rotatable bonds is 8. The molecule has 0 spiro atoms. The Balaban J connectivity index is 1.84. The molecule has 29 heavy (non-hydrogen) atoms. The van der Waals surface area contributed by atoms with E-state index in [0.29, 0.717) is 21.4 Å². The summed E-state index contributed by atoms with van der Waals surface area (Å²) in [4.78, 5) is 32.2. The molecule has 0 aliphatic carbocycles. The molecule has 6 nitrogen and oxygen atoms in total. The Bertz CT molecular complexity index is 1110. The monoisotopic (exact) mass is 454 g/mol. The third kappa shape index (κ3) is 4.80. The summed E-state index contributed by atoms with van der Waals surface area (Å²) >= 11 is 13.3. The summed E-state index contributed by atoms with van der Waals surface area (Å²) in [6, 6.07) is 5.15. The van der Waals surface area contributed by atoms with Crippen molar-refractivity contribution in [3.8, 4) is 5.75 Å². The van der Waals surface area contributed by atoms with E-state index in [9.17, 15) is 14.7 Å². The van der Waals surface area contributed by atoms with Crippen LogP contribution in [0.25, 0.3) is 4.96 Å². The Morgan fingerprint density at radius 2 is 1.97 bits per heavy atom. The van der Waals surface area contributed by atoms with Crippen LogP contribution in [0, 0.1) is 0 Å². The van der Waals surface area contributed by atoms with E-state index in [-0.39, 0.29) is 12.1 Å². The molecule has 154 valence electrons. The molecular formula is C20H22Cl2N3O3S+. The van der Waals surface area contributed by atoms with Gasteiger partial charge in [0.15, 0.2) is 16.4 Å². The van der Waals surface area contributed by atoms with E-state index in [1.54, 1.807) is 24.4 Å². The highest BCUT2D eigenvalue weighted by atomic mass is 35.5. The van der Waals surface area contributed by atoms with Crippen LogP contribution in [0.2, 0.25) is 10.0 Å². The van der Waals surface area contributed by atoms with Crippen LogP contribution in [0.4, 0.5) is 0 Å². The van der Waals surface area contributed by atoms with Crippen molar-refractivity contribution in [3.63, 3.8) is 0 Å². The largest absolute Gasteiger partial charge is 0.501 e. The fraction of sp³-hybridized carbons (Fsp3) is 0.350. The van der Waals surface area contributed by atoms with Gasteiger partial charge in [-0.2, -0.15) is 0 Å². The average molecular weight is 455 g/mol. The minimum Gasteiger partial charge on any atom is -0.501 e. The molecule has 3 rings (SSSR count). The number of fused-ring (bicyclic) bond motifs is 1. The average Bonchev–Trinajstić information content (AvgIpc) is 3.12. The number of Topliss-reactive ketones (excluding diaryl/α,β-unsaturated/α-hetero) is 1. The first-order chi connectivity index (χ1) is 13.8. The number of aryl methyl sites for hydroxylation is 1. The van der Waals surface area contributed by atoms with Crippen LogP contribution < -0.4 is 10.5 Å². The van der Waals surface area contributed by atoms with Crippen molar-refractivity contribution in [1.29, 1.82) is 0 Å². The van der Waals surface area contributed by atoms with Gasteiger partial charge in [-0.3, -0.25) is 14.0 Å². The second-order valence-electron chi connectivity index (χ2n) is 6.77. The first-order valence-electron chi connectivity index (χ1n) is 9.38. The van der Waals surface area contributed by atoms with Crippen LogP contribution in [-0.4, -0.2) is 33.4 Å². The van der Waals surface area contributed by atoms with Crippen molar-refractivity contribution in [2.24, 2.45) is 0 Å². The fourth-order valence-electron chi connectivity index (χ4n) is 3.07. The molecule has 0 amide bonds. The van der Waals surface area contributed by atoms with Crippen molar-refractivity contribution >= 4 is 45.3 Å². The Morgan fingerprint density at radius 1 is 1.24 bits per heavy atom. The predicted octanol–water partition coefficient (Wildman–Crippen LogP) is 3.01. The number of hydrogen-bond donors (Lipinski definition) is 2. The lowest BCUT2D eigenvalue weighted by molar-refractivity contribution is -0.910. The highest BCUT2D eigenvalue weighted by Gasteiger charge is 2.20. The zero-order valence-corrected chi connectivity index (χ0v) is 18.5. The second kappa shape index (κ2) is 9.26. The lowest BCUT2D eigenvalue weighted by Crippen LogP contribution is -3.10. The van der Waals surface area contributed by atoms with Gasteiger partial charge >= 0.3 is 5.56 Å². The van der Waals surface area contributed by atoms with E-state index in [0.717, 1.165) is 30.1 Å². The molecule has 1 aromatic carbocycles. The molecule has 0 saturated carbocycles. The lowest BCUT2D eigenvalue weighted by atomic mass is 10.1. The molecule has 0 atom stereocenters. The maximum Gasteiger partial charge on any atom is 0.301 e. The van der Waals surface area contributed by atoms with Crippen molar-refractivity contribution in [3.05, 3.63) is 60.9 Å². The van der Waals surface area contributed by atoms with Crippen molar-refractivity contribution in [2.45, 2.75) is 33.2 Å². The van der Waals surface area contributed by atoms with Crippen LogP contribution in [0.1, 0.15) is 41.2 Å². The number of nitrogens with one attached hydrogen (secondary N) is 1. The van der Waals surface area contributed by atoms with Gasteiger partial charge < -0.3 is 10.0 Å². The smallest absolute Gasteiger partial charge is 0.301 e. The number of carbonyl (C=O) groups is 1. The van der Waals surface area contributed by atoms with E-state index >= 15 is 0 Å². The SMILES string of the molecule is CC[NH+](CC)Cc1cn2c(=O)c(O)c(C(=O)CCc3ccc(Cl)c(Cl)c3)nc2s1. The molecule has 2 heterocycles. The molecule has 2 aromatic heterocycles. The van der Waals surface area contributed by atoms with E-state index in [2.05, 4.69) is 18.8 Å². The molecule has 0 fully saturated rings. The fourth-order valence-corrected chi connectivity index (χ4v) is 4.43. The second-order valence-corrected chi connectivity index (χ2v) is 8.68. The van der Waals surface area contributed by atoms with Crippen LogP contribution in [0.5, 0.6) is 5.75 Å². The minimum atomic E-state index is -0.620. The quantitative estimate of drug-likeness (QED) is 0.512. The molecule has 0 saturated heterocycles. The van der Waals surface area contributed by atoms with Crippen LogP contribution in [-0.2, 0) is 13.0 Å². The number of thiazole rings is 1. The zero-order valence-electron chi connectivity index (χ0n) is 16.2. The zero-order chi connectivity index (χ0) is 21.1. The van der Waals surface area contributed by atoms with E-state index in [1.165, 1.54) is 20.6 Å². The molecule has 9 heteroatoms.